The number of Topliss-reactive ketones (excluding diaryl/α,β-unsaturated/α-hetero) is 1. The highest BCUT2D eigenvalue weighted by Crippen LogP contribution is 2.24. The second-order valence-corrected chi connectivity index (χ2v) is 2.20. The summed E-state index contributed by atoms with van der Waals surface area (Å²) < 4.78 is 25.6. The minimum Gasteiger partial charge on any atom is -0.293 e. The predicted octanol–water partition coefficient (Wildman–Crippen LogP) is 1.16. The molecule has 1 heterocycles. The van der Waals surface area contributed by atoms with Crippen molar-refractivity contribution >= 4 is 5.78 Å². The molecule has 12 heavy (non-hydrogen) atoms. The molecule has 0 atom stereocenters. The van der Waals surface area contributed by atoms with E-state index in [-0.39, 0.29) is 0 Å². The summed E-state index contributed by atoms with van der Waals surface area (Å²) in [5, 5.41) is 0. The maximum atomic E-state index is 12.8. The highest BCUT2D eigenvalue weighted by Gasteiger charge is 2.40. The first-order valence-corrected chi connectivity index (χ1v) is 3.21. The van der Waals surface area contributed by atoms with Gasteiger partial charge >= 0.3 is 5.92 Å². The summed E-state index contributed by atoms with van der Waals surface area (Å²) in [5.74, 6) is -5.58. The van der Waals surface area contributed by atoms with Crippen LogP contribution in [-0.2, 0) is 10.7 Å². The molecule has 0 radical (unpaired) electrons. The van der Waals surface area contributed by atoms with E-state index in [0.717, 1.165) is 6.92 Å². The maximum absolute atomic E-state index is 12.8. The molecular formula is C7H6F2N2O. The number of alkyl halides is 2. The van der Waals surface area contributed by atoms with Crippen LogP contribution in [0.4, 0.5) is 8.78 Å². The molecule has 1 aromatic rings. The number of halogens is 2. The van der Waals surface area contributed by atoms with Crippen molar-refractivity contribution in [2.24, 2.45) is 0 Å². The second-order valence-electron chi connectivity index (χ2n) is 2.20. The Morgan fingerprint density at radius 1 is 1.42 bits per heavy atom. The molecule has 0 aliphatic rings. The lowest BCUT2D eigenvalue weighted by molar-refractivity contribution is -0.143. The van der Waals surface area contributed by atoms with E-state index in [1.54, 1.807) is 0 Å². The van der Waals surface area contributed by atoms with Gasteiger partial charge in [0, 0.05) is 19.3 Å². The van der Waals surface area contributed by atoms with Crippen LogP contribution in [-0.4, -0.2) is 15.8 Å². The van der Waals surface area contributed by atoms with Gasteiger partial charge in [-0.2, -0.15) is 8.78 Å². The third-order valence-corrected chi connectivity index (χ3v) is 1.29. The highest BCUT2D eigenvalue weighted by molar-refractivity contribution is 5.83. The fraction of sp³-hybridized carbons (Fsp3) is 0.286. The summed E-state index contributed by atoms with van der Waals surface area (Å²) >= 11 is 0. The van der Waals surface area contributed by atoms with Gasteiger partial charge < -0.3 is 0 Å². The van der Waals surface area contributed by atoms with E-state index in [4.69, 9.17) is 0 Å². The van der Waals surface area contributed by atoms with Crippen LogP contribution >= 0.6 is 0 Å². The summed E-state index contributed by atoms with van der Waals surface area (Å²) in [6.07, 6.45) is 2.33. The molecule has 3 nitrogen and oxygen atoms in total. The van der Waals surface area contributed by atoms with Gasteiger partial charge in [-0.15, -0.1) is 0 Å². The highest BCUT2D eigenvalue weighted by atomic mass is 19.3. The van der Waals surface area contributed by atoms with E-state index in [2.05, 4.69) is 9.97 Å². The largest absolute Gasteiger partial charge is 0.363 e. The van der Waals surface area contributed by atoms with Crippen LogP contribution in [0, 0.1) is 0 Å². The number of carbonyl (C=O) groups excluding carboxylic acids is 1. The minimum atomic E-state index is -3.57. The van der Waals surface area contributed by atoms with Gasteiger partial charge in [0.05, 0.1) is 0 Å². The smallest absolute Gasteiger partial charge is 0.293 e. The molecule has 0 spiro atoms. The normalized spacial score (nSPS) is 11.2. The van der Waals surface area contributed by atoms with Crippen molar-refractivity contribution < 1.29 is 13.6 Å². The van der Waals surface area contributed by atoms with Crippen LogP contribution in [0.15, 0.2) is 18.5 Å². The average Bonchev–Trinajstić information content (AvgIpc) is 2.06. The summed E-state index contributed by atoms with van der Waals surface area (Å²) in [4.78, 5) is 17.0. The van der Waals surface area contributed by atoms with E-state index in [9.17, 15) is 13.6 Å². The van der Waals surface area contributed by atoms with Crippen LogP contribution in [0.3, 0.4) is 0 Å². The lowest BCUT2D eigenvalue weighted by atomic mass is 10.2. The third-order valence-electron chi connectivity index (χ3n) is 1.29. The molecule has 0 unspecified atom stereocenters. The van der Waals surface area contributed by atoms with Crippen molar-refractivity contribution in [2.75, 3.05) is 0 Å². The Morgan fingerprint density at radius 3 is 2.33 bits per heavy atom. The Balaban J connectivity index is 3.06. The second kappa shape index (κ2) is 2.92. The first kappa shape index (κ1) is 8.70. The third kappa shape index (κ3) is 1.44. The van der Waals surface area contributed by atoms with Crippen LogP contribution in [0.25, 0.3) is 0 Å². The van der Waals surface area contributed by atoms with Gasteiger partial charge in [-0.25, -0.2) is 9.97 Å². The van der Waals surface area contributed by atoms with Gasteiger partial charge in [-0.1, -0.05) is 0 Å². The van der Waals surface area contributed by atoms with Gasteiger partial charge in [0.15, 0.2) is 0 Å². The molecule has 1 rings (SSSR count). The first-order chi connectivity index (χ1) is 5.55. The zero-order valence-corrected chi connectivity index (χ0v) is 6.29. The number of hydrogen-bond donors (Lipinski definition) is 0. The fourth-order valence-electron chi connectivity index (χ4n) is 0.619. The molecule has 0 aliphatic heterocycles. The standard InChI is InChI=1S/C7H6F2N2O/c1-5(12)7(8,9)6-10-3-2-4-11-6/h2-4H,1H3. The zero-order valence-electron chi connectivity index (χ0n) is 6.29. The molecule has 1 aromatic heterocycles. The molecule has 64 valence electrons. The van der Waals surface area contributed by atoms with Crippen molar-refractivity contribution in [3.05, 3.63) is 24.3 Å². The summed E-state index contributed by atoms with van der Waals surface area (Å²) in [7, 11) is 0. The monoisotopic (exact) mass is 172 g/mol. The number of nitrogens with zero attached hydrogens (tertiary/aromatic N) is 2. The van der Waals surface area contributed by atoms with E-state index >= 15 is 0 Å². The summed E-state index contributed by atoms with van der Waals surface area (Å²) in [6, 6.07) is 1.40. The molecule has 0 aromatic carbocycles. The van der Waals surface area contributed by atoms with Crippen LogP contribution < -0.4 is 0 Å². The minimum absolute atomic E-state index is 0.752. The number of rotatable bonds is 2. The molecule has 5 heteroatoms. The quantitative estimate of drug-likeness (QED) is 0.672. The van der Waals surface area contributed by atoms with Gasteiger partial charge in [0.1, 0.15) is 0 Å². The van der Waals surface area contributed by atoms with Gasteiger partial charge in [0.2, 0.25) is 11.6 Å². The van der Waals surface area contributed by atoms with Gasteiger partial charge in [-0.3, -0.25) is 4.79 Å². The molecule has 0 bridgehead atoms. The predicted molar refractivity (Wildman–Crippen MR) is 36.6 cm³/mol. The average molecular weight is 172 g/mol. The first-order valence-electron chi connectivity index (χ1n) is 3.21. The Hall–Kier alpha value is -1.39. The summed E-state index contributed by atoms with van der Waals surface area (Å²) in [5.41, 5.74) is 0. The zero-order chi connectivity index (χ0) is 9.19. The maximum Gasteiger partial charge on any atom is 0.363 e. The SMILES string of the molecule is CC(=O)C(F)(F)c1ncccn1. The Morgan fingerprint density at radius 2 is 1.92 bits per heavy atom. The van der Waals surface area contributed by atoms with Crippen molar-refractivity contribution in [1.82, 2.24) is 9.97 Å². The molecule has 0 saturated heterocycles. The Kier molecular flexibility index (Phi) is 2.12. The van der Waals surface area contributed by atoms with Gasteiger partial charge in [-0.05, 0) is 6.07 Å². The van der Waals surface area contributed by atoms with Crippen LogP contribution in [0.5, 0.6) is 0 Å². The Bertz CT molecular complexity index is 287. The molecule has 0 amide bonds. The number of aromatic nitrogens is 2. The molecule has 0 aliphatic carbocycles. The van der Waals surface area contributed by atoms with E-state index < -0.39 is 17.5 Å². The number of hydrogen-bond acceptors (Lipinski definition) is 3. The molecule has 0 fully saturated rings. The summed E-state index contributed by atoms with van der Waals surface area (Å²) in [6.45, 7) is 0.802. The van der Waals surface area contributed by atoms with E-state index in [1.165, 1.54) is 18.5 Å². The fourth-order valence-corrected chi connectivity index (χ4v) is 0.619. The van der Waals surface area contributed by atoms with Crippen molar-refractivity contribution in [1.29, 1.82) is 0 Å². The molecule has 0 saturated carbocycles. The van der Waals surface area contributed by atoms with Crippen LogP contribution in [0.1, 0.15) is 12.7 Å². The lowest BCUT2D eigenvalue weighted by Crippen LogP contribution is -2.25. The number of carbonyl (C=O) groups is 1. The topological polar surface area (TPSA) is 42.9 Å². The molecule has 0 N–H and O–H groups in total. The Labute approximate surface area is 67.5 Å². The van der Waals surface area contributed by atoms with Crippen molar-refractivity contribution in [2.45, 2.75) is 12.8 Å². The van der Waals surface area contributed by atoms with Crippen LogP contribution in [0.2, 0.25) is 0 Å². The van der Waals surface area contributed by atoms with E-state index in [0.29, 0.717) is 0 Å². The molecular weight excluding hydrogens is 166 g/mol. The van der Waals surface area contributed by atoms with E-state index in [1.807, 2.05) is 0 Å². The lowest BCUT2D eigenvalue weighted by Gasteiger charge is -2.09. The van der Waals surface area contributed by atoms with Crippen molar-refractivity contribution in [3.8, 4) is 0 Å². The van der Waals surface area contributed by atoms with Gasteiger partial charge in [0.25, 0.3) is 0 Å². The van der Waals surface area contributed by atoms with Crippen molar-refractivity contribution in [3.63, 3.8) is 0 Å². The number of ketones is 1.